The lowest BCUT2D eigenvalue weighted by molar-refractivity contribution is 0.141. The molecule has 4 N–H and O–H groups in total. The standard InChI is InChI=1S/C14H17NO2.ClH/c1-2-12(16)14(15)11-7-8-13(17)10-6-4-3-5-9(10)11;/h3-8,12,14,16-17H,2,15H2,1H3;1H/t12-,14+;/m0./s1. The van der Waals surface area contributed by atoms with Crippen LogP contribution in [0.4, 0.5) is 0 Å². The SMILES string of the molecule is CC[C@H](O)[C@H](N)c1ccc(O)c2ccccc12.Cl. The molecule has 0 amide bonds. The van der Waals surface area contributed by atoms with Crippen molar-refractivity contribution in [1.82, 2.24) is 0 Å². The summed E-state index contributed by atoms with van der Waals surface area (Å²) in [4.78, 5) is 0. The second-order valence-corrected chi connectivity index (χ2v) is 4.22. The van der Waals surface area contributed by atoms with Gasteiger partial charge in [-0.15, -0.1) is 12.4 Å². The minimum absolute atomic E-state index is 0. The summed E-state index contributed by atoms with van der Waals surface area (Å²) in [6.45, 7) is 1.90. The summed E-state index contributed by atoms with van der Waals surface area (Å²) in [5.74, 6) is 0.238. The van der Waals surface area contributed by atoms with Crippen LogP contribution in [0.5, 0.6) is 5.75 Å². The minimum Gasteiger partial charge on any atom is -0.507 e. The molecule has 0 saturated carbocycles. The lowest BCUT2D eigenvalue weighted by Gasteiger charge is -2.19. The Kier molecular flexibility index (Phi) is 4.96. The first-order valence-electron chi connectivity index (χ1n) is 5.79. The summed E-state index contributed by atoms with van der Waals surface area (Å²) in [6.07, 6.45) is 0.0408. The van der Waals surface area contributed by atoms with Crippen LogP contribution >= 0.6 is 12.4 Å². The zero-order valence-corrected chi connectivity index (χ0v) is 11.0. The number of hydrogen-bond acceptors (Lipinski definition) is 3. The van der Waals surface area contributed by atoms with E-state index < -0.39 is 12.1 Å². The number of halogens is 1. The second-order valence-electron chi connectivity index (χ2n) is 4.22. The van der Waals surface area contributed by atoms with Gasteiger partial charge in [-0.05, 0) is 23.4 Å². The van der Waals surface area contributed by atoms with Crippen LogP contribution in [0.2, 0.25) is 0 Å². The van der Waals surface area contributed by atoms with Gasteiger partial charge in [0.05, 0.1) is 12.1 Å². The highest BCUT2D eigenvalue weighted by Gasteiger charge is 2.17. The van der Waals surface area contributed by atoms with Gasteiger partial charge < -0.3 is 15.9 Å². The van der Waals surface area contributed by atoms with Crippen LogP contribution in [-0.2, 0) is 0 Å². The first-order chi connectivity index (χ1) is 8.15. The lowest BCUT2D eigenvalue weighted by Crippen LogP contribution is -2.25. The third kappa shape index (κ3) is 2.58. The first kappa shape index (κ1) is 14.8. The third-order valence-electron chi connectivity index (χ3n) is 3.13. The molecule has 3 nitrogen and oxygen atoms in total. The van der Waals surface area contributed by atoms with E-state index in [2.05, 4.69) is 0 Å². The topological polar surface area (TPSA) is 66.5 Å². The van der Waals surface area contributed by atoms with Gasteiger partial charge in [0.1, 0.15) is 5.75 Å². The number of hydrogen-bond donors (Lipinski definition) is 3. The van der Waals surface area contributed by atoms with E-state index in [0.717, 1.165) is 16.3 Å². The Balaban J connectivity index is 0.00000162. The van der Waals surface area contributed by atoms with Gasteiger partial charge in [-0.25, -0.2) is 0 Å². The lowest BCUT2D eigenvalue weighted by atomic mass is 9.94. The number of aliphatic hydroxyl groups excluding tert-OH is 1. The van der Waals surface area contributed by atoms with Crippen molar-refractivity contribution in [3.63, 3.8) is 0 Å². The fourth-order valence-electron chi connectivity index (χ4n) is 2.06. The number of aromatic hydroxyl groups is 1. The van der Waals surface area contributed by atoms with Crippen LogP contribution in [-0.4, -0.2) is 16.3 Å². The van der Waals surface area contributed by atoms with Crippen LogP contribution in [0.1, 0.15) is 24.9 Å². The smallest absolute Gasteiger partial charge is 0.123 e. The van der Waals surface area contributed by atoms with Gasteiger partial charge in [0, 0.05) is 5.39 Å². The predicted molar refractivity (Wildman–Crippen MR) is 76.1 cm³/mol. The second kappa shape index (κ2) is 6.05. The van der Waals surface area contributed by atoms with Gasteiger partial charge >= 0.3 is 0 Å². The number of rotatable bonds is 3. The summed E-state index contributed by atoms with van der Waals surface area (Å²) in [7, 11) is 0. The summed E-state index contributed by atoms with van der Waals surface area (Å²) in [6, 6.07) is 10.5. The molecule has 0 saturated heterocycles. The molecule has 2 aromatic rings. The molecule has 2 atom stereocenters. The monoisotopic (exact) mass is 267 g/mol. The van der Waals surface area contributed by atoms with E-state index in [9.17, 15) is 10.2 Å². The highest BCUT2D eigenvalue weighted by Crippen LogP contribution is 2.31. The molecule has 0 fully saturated rings. The van der Waals surface area contributed by atoms with Gasteiger partial charge in [-0.2, -0.15) is 0 Å². The van der Waals surface area contributed by atoms with Crippen molar-refractivity contribution in [3.8, 4) is 5.75 Å². The van der Waals surface area contributed by atoms with E-state index in [1.165, 1.54) is 0 Å². The quantitative estimate of drug-likeness (QED) is 0.801. The number of phenolic OH excluding ortho intramolecular Hbond substituents is 1. The van der Waals surface area contributed by atoms with Crippen LogP contribution in [0.3, 0.4) is 0 Å². The molecule has 2 aromatic carbocycles. The molecule has 98 valence electrons. The molecule has 0 unspecified atom stereocenters. The molecule has 0 spiro atoms. The van der Waals surface area contributed by atoms with Gasteiger partial charge in [0.2, 0.25) is 0 Å². The van der Waals surface area contributed by atoms with E-state index in [0.29, 0.717) is 6.42 Å². The largest absolute Gasteiger partial charge is 0.507 e. The Morgan fingerprint density at radius 2 is 1.72 bits per heavy atom. The Labute approximate surface area is 113 Å². The van der Waals surface area contributed by atoms with E-state index in [1.807, 2.05) is 31.2 Å². The van der Waals surface area contributed by atoms with Crippen molar-refractivity contribution in [2.75, 3.05) is 0 Å². The Hall–Kier alpha value is -1.29. The number of aliphatic hydroxyl groups is 1. The molecule has 0 aliphatic heterocycles. The fraction of sp³-hybridized carbons (Fsp3) is 0.286. The zero-order valence-electron chi connectivity index (χ0n) is 10.2. The normalized spacial score (nSPS) is 13.9. The Morgan fingerprint density at radius 3 is 2.33 bits per heavy atom. The van der Waals surface area contributed by atoms with Crippen molar-refractivity contribution in [3.05, 3.63) is 42.0 Å². The van der Waals surface area contributed by atoms with Crippen molar-refractivity contribution in [1.29, 1.82) is 0 Å². The van der Waals surface area contributed by atoms with Crippen LogP contribution in [0.25, 0.3) is 10.8 Å². The minimum atomic E-state index is -0.567. The average molecular weight is 268 g/mol. The van der Waals surface area contributed by atoms with Gasteiger partial charge in [-0.3, -0.25) is 0 Å². The highest BCUT2D eigenvalue weighted by atomic mass is 35.5. The number of benzene rings is 2. The summed E-state index contributed by atoms with van der Waals surface area (Å²) < 4.78 is 0. The van der Waals surface area contributed by atoms with Gasteiger partial charge in [0.15, 0.2) is 0 Å². The summed E-state index contributed by atoms with van der Waals surface area (Å²) >= 11 is 0. The molecule has 4 heteroatoms. The molecular formula is C14H18ClNO2. The van der Waals surface area contributed by atoms with Crippen LogP contribution in [0, 0.1) is 0 Å². The molecule has 0 bridgehead atoms. The highest BCUT2D eigenvalue weighted by molar-refractivity contribution is 5.91. The maximum absolute atomic E-state index is 9.82. The average Bonchev–Trinajstić information content (AvgIpc) is 2.38. The maximum atomic E-state index is 9.82. The van der Waals surface area contributed by atoms with E-state index in [-0.39, 0.29) is 18.2 Å². The Morgan fingerprint density at radius 1 is 1.11 bits per heavy atom. The van der Waals surface area contributed by atoms with E-state index in [1.54, 1.807) is 12.1 Å². The van der Waals surface area contributed by atoms with Crippen molar-refractivity contribution >= 4 is 23.2 Å². The molecule has 2 rings (SSSR count). The fourth-order valence-corrected chi connectivity index (χ4v) is 2.06. The van der Waals surface area contributed by atoms with Crippen molar-refractivity contribution in [2.45, 2.75) is 25.5 Å². The van der Waals surface area contributed by atoms with Gasteiger partial charge in [-0.1, -0.05) is 37.3 Å². The molecule has 0 aliphatic carbocycles. The number of fused-ring (bicyclic) bond motifs is 1. The predicted octanol–water partition coefficient (Wildman–Crippen LogP) is 2.74. The van der Waals surface area contributed by atoms with Crippen LogP contribution < -0.4 is 5.73 Å². The van der Waals surface area contributed by atoms with Crippen molar-refractivity contribution < 1.29 is 10.2 Å². The van der Waals surface area contributed by atoms with Gasteiger partial charge in [0.25, 0.3) is 0 Å². The van der Waals surface area contributed by atoms with E-state index in [4.69, 9.17) is 5.73 Å². The van der Waals surface area contributed by atoms with E-state index >= 15 is 0 Å². The number of phenols is 1. The third-order valence-corrected chi connectivity index (χ3v) is 3.13. The van der Waals surface area contributed by atoms with Crippen molar-refractivity contribution in [2.24, 2.45) is 5.73 Å². The summed E-state index contributed by atoms with van der Waals surface area (Å²) in [5, 5.41) is 21.3. The number of nitrogens with two attached hydrogens (primary N) is 1. The van der Waals surface area contributed by atoms with Crippen LogP contribution in [0.15, 0.2) is 36.4 Å². The molecular weight excluding hydrogens is 250 g/mol. The molecule has 0 radical (unpaired) electrons. The Bertz CT molecular complexity index is 530. The first-order valence-corrected chi connectivity index (χ1v) is 5.79. The summed E-state index contributed by atoms with van der Waals surface area (Å²) in [5.41, 5.74) is 6.90. The zero-order chi connectivity index (χ0) is 12.4. The molecule has 0 aromatic heterocycles. The maximum Gasteiger partial charge on any atom is 0.123 e. The molecule has 0 heterocycles. The molecule has 0 aliphatic rings. The molecule has 18 heavy (non-hydrogen) atoms.